The third-order valence-corrected chi connectivity index (χ3v) is 5.56. The van der Waals surface area contributed by atoms with Gasteiger partial charge in [0.05, 0.1) is 18.2 Å². The quantitative estimate of drug-likeness (QED) is 0.889. The summed E-state index contributed by atoms with van der Waals surface area (Å²) in [6.07, 6.45) is 3.77. The highest BCUT2D eigenvalue weighted by atomic mass is 35.5. The topological polar surface area (TPSA) is 66.5 Å². The molecule has 0 aromatic heterocycles. The fraction of sp³-hybridized carbons (Fsp3) is 0.471. The Labute approximate surface area is 150 Å². The first kappa shape index (κ1) is 17.3. The SMILES string of the molecule is O=C(Cc1ccc(Cl)cc1)NC1CCCCC1N1C(=O)CSC1=O. The van der Waals surface area contributed by atoms with Gasteiger partial charge in [-0.2, -0.15) is 0 Å². The number of nitrogens with one attached hydrogen (secondary N) is 1. The van der Waals surface area contributed by atoms with E-state index in [9.17, 15) is 14.4 Å². The molecule has 1 aliphatic heterocycles. The Morgan fingerprint density at radius 2 is 1.92 bits per heavy atom. The first-order chi connectivity index (χ1) is 11.5. The molecule has 5 nitrogen and oxygen atoms in total. The lowest BCUT2D eigenvalue weighted by Crippen LogP contribution is -2.55. The number of hydrogen-bond acceptors (Lipinski definition) is 4. The van der Waals surface area contributed by atoms with E-state index < -0.39 is 0 Å². The Morgan fingerprint density at radius 1 is 1.21 bits per heavy atom. The molecule has 3 rings (SSSR count). The van der Waals surface area contributed by atoms with E-state index in [-0.39, 0.29) is 41.3 Å². The highest BCUT2D eigenvalue weighted by Crippen LogP contribution is 2.30. The average molecular weight is 367 g/mol. The molecule has 2 unspecified atom stereocenters. The Kier molecular flexibility index (Phi) is 5.46. The molecule has 1 saturated carbocycles. The number of rotatable bonds is 4. The van der Waals surface area contributed by atoms with E-state index in [1.54, 1.807) is 12.1 Å². The van der Waals surface area contributed by atoms with Crippen molar-refractivity contribution in [3.05, 3.63) is 34.9 Å². The molecule has 128 valence electrons. The van der Waals surface area contributed by atoms with Gasteiger partial charge in [0.2, 0.25) is 11.8 Å². The van der Waals surface area contributed by atoms with Crippen LogP contribution in [0.3, 0.4) is 0 Å². The molecule has 1 aliphatic carbocycles. The lowest BCUT2D eigenvalue weighted by Gasteiger charge is -2.36. The zero-order valence-electron chi connectivity index (χ0n) is 13.2. The molecule has 0 spiro atoms. The van der Waals surface area contributed by atoms with Crippen LogP contribution in [-0.2, 0) is 16.0 Å². The first-order valence-electron chi connectivity index (χ1n) is 8.07. The maximum absolute atomic E-state index is 12.4. The summed E-state index contributed by atoms with van der Waals surface area (Å²) in [5, 5.41) is 3.47. The molecule has 1 aromatic rings. The summed E-state index contributed by atoms with van der Waals surface area (Å²) >= 11 is 6.90. The Morgan fingerprint density at radius 3 is 2.58 bits per heavy atom. The second kappa shape index (κ2) is 7.57. The van der Waals surface area contributed by atoms with E-state index in [0.29, 0.717) is 5.02 Å². The minimum atomic E-state index is -0.220. The number of hydrogen-bond donors (Lipinski definition) is 1. The predicted octanol–water partition coefficient (Wildman–Crippen LogP) is 3.01. The van der Waals surface area contributed by atoms with Crippen LogP contribution in [0.1, 0.15) is 31.2 Å². The molecule has 24 heavy (non-hydrogen) atoms. The van der Waals surface area contributed by atoms with Crippen LogP contribution in [0.25, 0.3) is 0 Å². The van der Waals surface area contributed by atoms with Crippen molar-refractivity contribution < 1.29 is 14.4 Å². The number of benzene rings is 1. The minimum absolute atomic E-state index is 0.0963. The third kappa shape index (κ3) is 3.92. The molecular weight excluding hydrogens is 348 g/mol. The van der Waals surface area contributed by atoms with E-state index in [1.807, 2.05) is 12.1 Å². The molecule has 2 atom stereocenters. The van der Waals surface area contributed by atoms with Crippen LogP contribution in [-0.4, -0.2) is 39.8 Å². The van der Waals surface area contributed by atoms with Gasteiger partial charge in [-0.25, -0.2) is 0 Å². The van der Waals surface area contributed by atoms with Gasteiger partial charge < -0.3 is 5.32 Å². The van der Waals surface area contributed by atoms with E-state index >= 15 is 0 Å². The molecule has 7 heteroatoms. The van der Waals surface area contributed by atoms with Crippen molar-refractivity contribution in [2.24, 2.45) is 0 Å². The van der Waals surface area contributed by atoms with Crippen molar-refractivity contribution in [3.63, 3.8) is 0 Å². The van der Waals surface area contributed by atoms with Crippen LogP contribution in [0, 0.1) is 0 Å². The number of nitrogens with zero attached hydrogens (tertiary/aromatic N) is 1. The Bertz CT molecular complexity index is 634. The Hall–Kier alpha value is -1.53. The smallest absolute Gasteiger partial charge is 0.289 e. The molecule has 1 saturated heterocycles. The van der Waals surface area contributed by atoms with Crippen molar-refractivity contribution in [1.29, 1.82) is 0 Å². The molecule has 1 aromatic carbocycles. The predicted molar refractivity (Wildman–Crippen MR) is 94.0 cm³/mol. The van der Waals surface area contributed by atoms with Gasteiger partial charge in [0.25, 0.3) is 5.24 Å². The van der Waals surface area contributed by atoms with Crippen molar-refractivity contribution in [2.45, 2.75) is 44.2 Å². The van der Waals surface area contributed by atoms with Gasteiger partial charge in [-0.05, 0) is 30.5 Å². The van der Waals surface area contributed by atoms with Gasteiger partial charge in [-0.3, -0.25) is 19.3 Å². The zero-order valence-corrected chi connectivity index (χ0v) is 14.7. The maximum Gasteiger partial charge on any atom is 0.289 e. The highest BCUT2D eigenvalue weighted by molar-refractivity contribution is 8.14. The average Bonchev–Trinajstić information content (AvgIpc) is 2.89. The van der Waals surface area contributed by atoms with Gasteiger partial charge in [-0.1, -0.05) is 48.3 Å². The first-order valence-corrected chi connectivity index (χ1v) is 9.43. The second-order valence-corrected chi connectivity index (χ2v) is 7.51. The summed E-state index contributed by atoms with van der Waals surface area (Å²) in [4.78, 5) is 37.7. The summed E-state index contributed by atoms with van der Waals surface area (Å²) in [6, 6.07) is 6.78. The van der Waals surface area contributed by atoms with Crippen LogP contribution in [0.15, 0.2) is 24.3 Å². The summed E-state index contributed by atoms with van der Waals surface area (Å²) in [6.45, 7) is 0. The fourth-order valence-corrected chi connectivity index (χ4v) is 4.21. The van der Waals surface area contributed by atoms with Crippen molar-refractivity contribution >= 4 is 40.4 Å². The van der Waals surface area contributed by atoms with Gasteiger partial charge in [0.15, 0.2) is 0 Å². The summed E-state index contributed by atoms with van der Waals surface area (Å²) in [7, 11) is 0. The van der Waals surface area contributed by atoms with Crippen LogP contribution in [0.2, 0.25) is 5.02 Å². The molecule has 0 bridgehead atoms. The Balaban J connectivity index is 1.65. The van der Waals surface area contributed by atoms with Crippen molar-refractivity contribution in [3.8, 4) is 0 Å². The van der Waals surface area contributed by atoms with Crippen LogP contribution >= 0.6 is 23.4 Å². The minimum Gasteiger partial charge on any atom is -0.351 e. The van der Waals surface area contributed by atoms with E-state index in [4.69, 9.17) is 11.6 Å². The zero-order chi connectivity index (χ0) is 17.1. The van der Waals surface area contributed by atoms with Crippen molar-refractivity contribution in [2.75, 3.05) is 5.75 Å². The molecular formula is C17H19ClN2O3S. The van der Waals surface area contributed by atoms with Crippen LogP contribution < -0.4 is 5.32 Å². The van der Waals surface area contributed by atoms with Gasteiger partial charge in [-0.15, -0.1) is 0 Å². The number of amides is 3. The molecule has 1 heterocycles. The van der Waals surface area contributed by atoms with Crippen LogP contribution in [0.5, 0.6) is 0 Å². The summed E-state index contributed by atoms with van der Waals surface area (Å²) in [5.74, 6) is -0.0318. The number of thioether (sulfide) groups is 1. The monoisotopic (exact) mass is 366 g/mol. The van der Waals surface area contributed by atoms with Gasteiger partial charge in [0.1, 0.15) is 0 Å². The molecule has 3 amide bonds. The standard InChI is InChI=1S/C17H19ClN2O3S/c18-12-7-5-11(6-8-12)9-15(21)19-13-3-1-2-4-14(13)20-16(22)10-24-17(20)23/h5-8,13-14H,1-4,9-10H2,(H,19,21). The molecule has 2 fully saturated rings. The van der Waals surface area contributed by atoms with E-state index in [2.05, 4.69) is 5.32 Å². The van der Waals surface area contributed by atoms with E-state index in [0.717, 1.165) is 43.0 Å². The third-order valence-electron chi connectivity index (χ3n) is 4.47. The van der Waals surface area contributed by atoms with Crippen LogP contribution in [0.4, 0.5) is 4.79 Å². The fourth-order valence-electron chi connectivity index (χ4n) is 3.32. The number of carbonyl (C=O) groups excluding carboxylic acids is 3. The number of carbonyl (C=O) groups is 3. The summed E-state index contributed by atoms with van der Waals surface area (Å²) < 4.78 is 0. The molecule has 2 aliphatic rings. The van der Waals surface area contributed by atoms with E-state index in [1.165, 1.54) is 4.90 Å². The molecule has 0 radical (unpaired) electrons. The summed E-state index contributed by atoms with van der Waals surface area (Å²) in [5.41, 5.74) is 0.883. The second-order valence-electron chi connectivity index (χ2n) is 6.15. The van der Waals surface area contributed by atoms with Gasteiger partial charge >= 0.3 is 0 Å². The molecule has 1 N–H and O–H groups in total. The normalized spacial score (nSPS) is 24.3. The maximum atomic E-state index is 12.4. The largest absolute Gasteiger partial charge is 0.351 e. The van der Waals surface area contributed by atoms with Crippen molar-refractivity contribution in [1.82, 2.24) is 10.2 Å². The van der Waals surface area contributed by atoms with Gasteiger partial charge in [0, 0.05) is 11.1 Å². The lowest BCUT2D eigenvalue weighted by molar-refractivity contribution is -0.129. The number of halogens is 1. The lowest BCUT2D eigenvalue weighted by atomic mass is 9.89. The highest BCUT2D eigenvalue weighted by Gasteiger charge is 2.41. The number of imide groups is 1.